The molecule has 0 aromatic carbocycles. The first-order valence-corrected chi connectivity index (χ1v) is 29.5. The zero-order chi connectivity index (χ0) is 45.0. The molecule has 0 saturated carbocycles. The Labute approximate surface area is 405 Å². The molecule has 1 heterocycles. The van der Waals surface area contributed by atoms with Gasteiger partial charge >= 0.3 is 0 Å². The monoisotopic (exact) mass is 903 g/mol. The number of unbranched alkanes of at least 4 members (excludes halogenated alkanes) is 32. The van der Waals surface area contributed by atoms with Crippen LogP contribution in [0.25, 0.3) is 0 Å². The van der Waals surface area contributed by atoms with Gasteiger partial charge in [-0.1, -0.05) is 298 Å². The van der Waals surface area contributed by atoms with E-state index in [-0.39, 0.29) is 12.4 Å². The van der Waals surface area contributed by atoms with Gasteiger partial charge in [-0.05, 0) is 49.9 Å². The van der Waals surface area contributed by atoms with Crippen LogP contribution in [0, 0.1) is 24.7 Å². The van der Waals surface area contributed by atoms with Gasteiger partial charge in [0.25, 0.3) is 5.82 Å². The third-order valence-corrected chi connectivity index (χ3v) is 15.1. The maximum atomic E-state index is 2.70. The van der Waals surface area contributed by atoms with E-state index in [2.05, 4.69) is 70.0 Å². The van der Waals surface area contributed by atoms with E-state index >= 15 is 0 Å². The van der Waals surface area contributed by atoms with Gasteiger partial charge in [-0.25, -0.2) is 9.13 Å². The fraction of sp³-hybridized carbons (Fsp3) is 0.950. The number of aryl methyl sites for hydroxylation is 1. The lowest BCUT2D eigenvalue weighted by molar-refractivity contribution is -0.729. The minimum Gasteiger partial charge on any atom is -1.00 e. The molecule has 2 atom stereocenters. The van der Waals surface area contributed by atoms with Gasteiger partial charge in [-0.2, -0.15) is 0 Å². The van der Waals surface area contributed by atoms with Crippen molar-refractivity contribution in [3.8, 4) is 0 Å². The van der Waals surface area contributed by atoms with E-state index in [9.17, 15) is 0 Å². The van der Waals surface area contributed by atoms with E-state index in [0.717, 1.165) is 17.8 Å². The molecule has 3 heteroatoms. The van der Waals surface area contributed by atoms with Crippen molar-refractivity contribution in [1.82, 2.24) is 4.57 Å². The summed E-state index contributed by atoms with van der Waals surface area (Å²) in [7, 11) is 0. The molecule has 63 heavy (non-hydrogen) atoms. The Morgan fingerprint density at radius 3 is 1.11 bits per heavy atom. The van der Waals surface area contributed by atoms with Gasteiger partial charge < -0.3 is 12.4 Å². The summed E-state index contributed by atoms with van der Waals surface area (Å²) < 4.78 is 5.23. The predicted octanol–water partition coefficient (Wildman–Crippen LogP) is 18.2. The normalized spacial score (nSPS) is 12.8. The van der Waals surface area contributed by atoms with Crippen molar-refractivity contribution >= 4 is 0 Å². The summed E-state index contributed by atoms with van der Waals surface area (Å²) in [6.45, 7) is 17.8. The molecule has 0 amide bonds. The van der Waals surface area contributed by atoms with Gasteiger partial charge in [-0.3, -0.25) is 0 Å². The molecule has 0 radical (unpaired) electrons. The molecular weight excluding hydrogens is 784 g/mol. The highest BCUT2D eigenvalue weighted by atomic mass is 35.5. The van der Waals surface area contributed by atoms with Gasteiger partial charge in [0.15, 0.2) is 0 Å². The first kappa shape index (κ1) is 62.5. The van der Waals surface area contributed by atoms with E-state index in [0.29, 0.717) is 6.04 Å². The molecule has 0 spiro atoms. The first-order valence-electron chi connectivity index (χ1n) is 29.5. The van der Waals surface area contributed by atoms with Crippen LogP contribution in [-0.2, 0) is 6.54 Å². The molecule has 0 bridgehead atoms. The van der Waals surface area contributed by atoms with Crippen molar-refractivity contribution in [3.05, 3.63) is 18.2 Å². The van der Waals surface area contributed by atoms with E-state index in [1.807, 2.05) is 0 Å². The van der Waals surface area contributed by atoms with E-state index < -0.39 is 0 Å². The number of hydrogen-bond donors (Lipinski definition) is 0. The maximum Gasteiger partial charge on any atom is 0.253 e. The zero-order valence-corrected chi connectivity index (χ0v) is 45.5. The fourth-order valence-corrected chi connectivity index (χ4v) is 10.6. The lowest BCUT2D eigenvalue weighted by Crippen LogP contribution is -3.00. The highest BCUT2D eigenvalue weighted by molar-refractivity contribution is 4.81. The van der Waals surface area contributed by atoms with Crippen molar-refractivity contribution in [1.29, 1.82) is 0 Å². The maximum absolute atomic E-state index is 2.70. The SMILES string of the molecule is CCCCCCCCCCCCCCCCCCC(CCCCCCCCCCCCCCCCCC)CCCCC(CCC(C)CCCC(C)C)[n+]1ccn(CCCC)c1C.[Cl-]. The summed E-state index contributed by atoms with van der Waals surface area (Å²) in [5.74, 6) is 4.15. The van der Waals surface area contributed by atoms with E-state index in [1.54, 1.807) is 0 Å². The van der Waals surface area contributed by atoms with Crippen molar-refractivity contribution in [2.24, 2.45) is 17.8 Å². The molecule has 2 nitrogen and oxygen atoms in total. The molecule has 1 rings (SSSR count). The lowest BCUT2D eigenvalue weighted by Gasteiger charge is -2.20. The van der Waals surface area contributed by atoms with Crippen molar-refractivity contribution in [3.63, 3.8) is 0 Å². The number of hydrogen-bond acceptors (Lipinski definition) is 0. The van der Waals surface area contributed by atoms with Gasteiger partial charge in [0, 0.05) is 6.92 Å². The van der Waals surface area contributed by atoms with Crippen molar-refractivity contribution < 1.29 is 17.0 Å². The van der Waals surface area contributed by atoms with Crippen LogP contribution in [-0.4, -0.2) is 4.57 Å². The van der Waals surface area contributed by atoms with Crippen LogP contribution in [0.3, 0.4) is 0 Å². The standard InChI is InChI=1S/C60H119N2.ClH/c1-8-11-14-16-18-20-22-24-26-28-30-32-34-36-38-40-47-59(48-41-39-37-35-33-31-29-27-25-23-21-19-17-15-12-9-2)49-42-43-50-60(52-51-57(6)46-44-45-56(4)5)62-55-54-61(58(62)7)53-13-10-3;/h54-57,59-60H,8-53H2,1-7H3;1H/q+1;/p-1. The number of aromatic nitrogens is 2. The molecule has 0 aliphatic carbocycles. The molecule has 0 aliphatic rings. The Morgan fingerprint density at radius 2 is 0.730 bits per heavy atom. The summed E-state index contributed by atoms with van der Waals surface area (Å²) in [5.41, 5.74) is 0. The van der Waals surface area contributed by atoms with E-state index in [4.69, 9.17) is 0 Å². The number of rotatable bonds is 50. The minimum atomic E-state index is 0. The fourth-order valence-electron chi connectivity index (χ4n) is 10.6. The average molecular weight is 904 g/mol. The number of imidazole rings is 1. The second-order valence-electron chi connectivity index (χ2n) is 21.8. The molecule has 2 unspecified atom stereocenters. The Hall–Kier alpha value is -0.500. The molecule has 0 aliphatic heterocycles. The highest BCUT2D eigenvalue weighted by Crippen LogP contribution is 2.28. The van der Waals surface area contributed by atoms with Crippen molar-refractivity contribution in [2.45, 2.75) is 350 Å². The minimum absolute atomic E-state index is 0. The number of halogens is 1. The van der Waals surface area contributed by atoms with Crippen LogP contribution in [0.4, 0.5) is 0 Å². The molecule has 0 N–H and O–H groups in total. The van der Waals surface area contributed by atoms with Crippen LogP contribution >= 0.6 is 0 Å². The first-order chi connectivity index (χ1) is 30.4. The average Bonchev–Trinajstić information content (AvgIpc) is 3.63. The van der Waals surface area contributed by atoms with Crippen LogP contribution in [0.15, 0.2) is 12.4 Å². The Kier molecular flexibility index (Phi) is 47.6. The van der Waals surface area contributed by atoms with Crippen LogP contribution in [0.1, 0.15) is 342 Å². The molecular formula is C60H119ClN2. The second-order valence-corrected chi connectivity index (χ2v) is 21.8. The third kappa shape index (κ3) is 39.2. The van der Waals surface area contributed by atoms with Crippen molar-refractivity contribution in [2.75, 3.05) is 0 Å². The summed E-state index contributed by atoms with van der Waals surface area (Å²) in [4.78, 5) is 0. The van der Waals surface area contributed by atoms with Gasteiger partial charge in [0.2, 0.25) is 0 Å². The summed E-state index contributed by atoms with van der Waals surface area (Å²) >= 11 is 0. The topological polar surface area (TPSA) is 8.81 Å². The highest BCUT2D eigenvalue weighted by Gasteiger charge is 2.22. The van der Waals surface area contributed by atoms with Gasteiger partial charge in [-0.15, -0.1) is 0 Å². The summed E-state index contributed by atoms with van der Waals surface area (Å²) in [6, 6.07) is 0.671. The third-order valence-electron chi connectivity index (χ3n) is 15.1. The Bertz CT molecular complexity index is 980. The second kappa shape index (κ2) is 48.0. The molecule has 0 saturated heterocycles. The largest absolute Gasteiger partial charge is 1.00 e. The zero-order valence-electron chi connectivity index (χ0n) is 44.8. The Balaban J connectivity index is 0.0000384. The van der Waals surface area contributed by atoms with Crippen LogP contribution in [0.2, 0.25) is 0 Å². The van der Waals surface area contributed by atoms with E-state index in [1.165, 1.54) is 301 Å². The molecule has 1 aromatic heterocycles. The predicted molar refractivity (Wildman–Crippen MR) is 281 cm³/mol. The van der Waals surface area contributed by atoms with Crippen LogP contribution in [0.5, 0.6) is 0 Å². The van der Waals surface area contributed by atoms with Crippen LogP contribution < -0.4 is 17.0 Å². The summed E-state index contributed by atoms with van der Waals surface area (Å²) in [6.07, 6.45) is 70.1. The quantitative estimate of drug-likeness (QED) is 0.0455. The molecule has 0 fully saturated rings. The molecule has 376 valence electrons. The van der Waals surface area contributed by atoms with Gasteiger partial charge in [0.05, 0.1) is 6.54 Å². The summed E-state index contributed by atoms with van der Waals surface area (Å²) in [5, 5.41) is 0. The molecule has 1 aromatic rings. The smallest absolute Gasteiger partial charge is 0.253 e. The lowest BCUT2D eigenvalue weighted by atomic mass is 9.88. The Morgan fingerprint density at radius 1 is 0.381 bits per heavy atom. The van der Waals surface area contributed by atoms with Gasteiger partial charge in [0.1, 0.15) is 18.4 Å². The number of nitrogens with zero attached hydrogens (tertiary/aromatic N) is 2.